The van der Waals surface area contributed by atoms with E-state index in [0.29, 0.717) is 22.5 Å². The number of hydrogen-bond donors (Lipinski definition) is 0. The molecule has 0 unspecified atom stereocenters. The Morgan fingerprint density at radius 1 is 1.04 bits per heavy atom. The van der Waals surface area contributed by atoms with Gasteiger partial charge in [0.2, 0.25) is 0 Å². The van der Waals surface area contributed by atoms with Crippen molar-refractivity contribution < 1.29 is 4.74 Å². The van der Waals surface area contributed by atoms with Gasteiger partial charge in [0.15, 0.2) is 0 Å². The van der Waals surface area contributed by atoms with Crippen LogP contribution in [0.25, 0.3) is 22.3 Å². The number of benzene rings is 2. The molecule has 0 aliphatic rings. The molecule has 0 saturated carbocycles. The standard InChI is InChI=1S/C20H16BrN3O2/c1-13-22-17-7-5-14(21)11-16(17)20(25)24(13)19-12-15(26-2)6-8-18(19)23-9-3-4-10-23/h3-12H,1-2H3. The summed E-state index contributed by atoms with van der Waals surface area (Å²) in [6, 6.07) is 15.1. The Kier molecular flexibility index (Phi) is 4.12. The summed E-state index contributed by atoms with van der Waals surface area (Å²) >= 11 is 3.43. The number of hydrogen-bond acceptors (Lipinski definition) is 3. The predicted octanol–water partition coefficient (Wildman–Crippen LogP) is 4.26. The molecule has 4 rings (SSSR count). The minimum atomic E-state index is -0.115. The van der Waals surface area contributed by atoms with Gasteiger partial charge in [0.05, 0.1) is 29.4 Å². The van der Waals surface area contributed by atoms with Crippen LogP contribution < -0.4 is 10.3 Å². The maximum atomic E-state index is 13.3. The van der Waals surface area contributed by atoms with Crippen LogP contribution in [0.1, 0.15) is 5.82 Å². The van der Waals surface area contributed by atoms with Gasteiger partial charge in [-0.25, -0.2) is 4.98 Å². The number of rotatable bonds is 3. The number of aromatic nitrogens is 3. The van der Waals surface area contributed by atoms with E-state index < -0.39 is 0 Å². The fraction of sp³-hybridized carbons (Fsp3) is 0.100. The SMILES string of the molecule is COc1ccc(-n2cccc2)c(-n2c(C)nc3ccc(Br)cc3c2=O)c1. The van der Waals surface area contributed by atoms with Gasteiger partial charge in [-0.1, -0.05) is 15.9 Å². The van der Waals surface area contributed by atoms with Gasteiger partial charge in [-0.2, -0.15) is 0 Å². The van der Waals surface area contributed by atoms with Crippen LogP contribution in [0.3, 0.4) is 0 Å². The van der Waals surface area contributed by atoms with Gasteiger partial charge in [0.1, 0.15) is 11.6 Å². The van der Waals surface area contributed by atoms with Gasteiger partial charge in [-0.05, 0) is 49.4 Å². The van der Waals surface area contributed by atoms with E-state index in [1.165, 1.54) is 0 Å². The van der Waals surface area contributed by atoms with Crippen molar-refractivity contribution in [1.29, 1.82) is 0 Å². The van der Waals surface area contributed by atoms with E-state index in [1.807, 2.05) is 66.3 Å². The summed E-state index contributed by atoms with van der Waals surface area (Å²) in [5, 5.41) is 0.561. The Labute approximate surface area is 158 Å². The molecule has 26 heavy (non-hydrogen) atoms. The summed E-state index contributed by atoms with van der Waals surface area (Å²) in [5.74, 6) is 1.29. The molecule has 0 saturated heterocycles. The lowest BCUT2D eigenvalue weighted by atomic mass is 10.2. The minimum Gasteiger partial charge on any atom is -0.497 e. The van der Waals surface area contributed by atoms with Crippen molar-refractivity contribution in [3.63, 3.8) is 0 Å². The van der Waals surface area contributed by atoms with Crippen LogP contribution in [0, 0.1) is 6.92 Å². The second-order valence-electron chi connectivity index (χ2n) is 5.91. The molecule has 0 N–H and O–H groups in total. The van der Waals surface area contributed by atoms with E-state index >= 15 is 0 Å². The van der Waals surface area contributed by atoms with Gasteiger partial charge in [0.25, 0.3) is 5.56 Å². The lowest BCUT2D eigenvalue weighted by molar-refractivity contribution is 0.414. The molecule has 0 spiro atoms. The molecule has 6 heteroatoms. The second kappa shape index (κ2) is 6.46. The van der Waals surface area contributed by atoms with Crippen LogP contribution in [-0.4, -0.2) is 21.2 Å². The van der Waals surface area contributed by atoms with E-state index in [0.717, 1.165) is 15.8 Å². The van der Waals surface area contributed by atoms with E-state index in [4.69, 9.17) is 4.74 Å². The first-order chi connectivity index (χ1) is 12.6. The van der Waals surface area contributed by atoms with Gasteiger partial charge >= 0.3 is 0 Å². The van der Waals surface area contributed by atoms with E-state index in [2.05, 4.69) is 20.9 Å². The van der Waals surface area contributed by atoms with Crippen molar-refractivity contribution in [2.75, 3.05) is 7.11 Å². The first-order valence-corrected chi connectivity index (χ1v) is 8.88. The van der Waals surface area contributed by atoms with Crippen molar-refractivity contribution in [3.8, 4) is 17.1 Å². The summed E-state index contributed by atoms with van der Waals surface area (Å²) < 4.78 is 9.82. The van der Waals surface area contributed by atoms with Gasteiger partial charge in [-0.3, -0.25) is 9.36 Å². The molecule has 0 radical (unpaired) electrons. The average molecular weight is 410 g/mol. The highest BCUT2D eigenvalue weighted by Gasteiger charge is 2.15. The summed E-state index contributed by atoms with van der Waals surface area (Å²) in [6.07, 6.45) is 3.88. The van der Waals surface area contributed by atoms with Crippen LogP contribution in [0.15, 0.2) is 70.2 Å². The minimum absolute atomic E-state index is 0.115. The van der Waals surface area contributed by atoms with Crippen LogP contribution in [-0.2, 0) is 0 Å². The Bertz CT molecular complexity index is 1160. The molecule has 0 aliphatic heterocycles. The normalized spacial score (nSPS) is 11.0. The number of fused-ring (bicyclic) bond motifs is 1. The van der Waals surface area contributed by atoms with Crippen LogP contribution in [0.2, 0.25) is 0 Å². The monoisotopic (exact) mass is 409 g/mol. The zero-order valence-electron chi connectivity index (χ0n) is 14.3. The summed E-state index contributed by atoms with van der Waals surface area (Å²) in [5.41, 5.74) is 2.15. The molecule has 5 nitrogen and oxygen atoms in total. The van der Waals surface area contributed by atoms with E-state index in [9.17, 15) is 4.79 Å². The molecule has 0 fully saturated rings. The molecular formula is C20H16BrN3O2. The third-order valence-corrected chi connectivity index (χ3v) is 4.80. The van der Waals surface area contributed by atoms with Crippen molar-refractivity contribution in [2.24, 2.45) is 0 Å². The quantitative estimate of drug-likeness (QED) is 0.507. The van der Waals surface area contributed by atoms with Crippen molar-refractivity contribution >= 4 is 26.8 Å². The molecule has 0 atom stereocenters. The predicted molar refractivity (Wildman–Crippen MR) is 106 cm³/mol. The topological polar surface area (TPSA) is 49.0 Å². The van der Waals surface area contributed by atoms with Crippen molar-refractivity contribution in [1.82, 2.24) is 14.1 Å². The molecular weight excluding hydrogens is 394 g/mol. The molecule has 2 heterocycles. The zero-order valence-corrected chi connectivity index (χ0v) is 15.9. The van der Waals surface area contributed by atoms with Gasteiger partial charge < -0.3 is 9.30 Å². The highest BCUT2D eigenvalue weighted by atomic mass is 79.9. The highest BCUT2D eigenvalue weighted by molar-refractivity contribution is 9.10. The van der Waals surface area contributed by atoms with Gasteiger partial charge in [0, 0.05) is 22.9 Å². The molecule has 0 bridgehead atoms. The second-order valence-corrected chi connectivity index (χ2v) is 6.82. The first kappa shape index (κ1) is 16.6. The Hall–Kier alpha value is -2.86. The maximum Gasteiger partial charge on any atom is 0.266 e. The largest absolute Gasteiger partial charge is 0.497 e. The number of aryl methyl sites for hydroxylation is 1. The molecule has 0 aliphatic carbocycles. The summed E-state index contributed by atoms with van der Waals surface area (Å²) in [6.45, 7) is 1.84. The smallest absolute Gasteiger partial charge is 0.266 e. The molecule has 0 amide bonds. The third-order valence-electron chi connectivity index (χ3n) is 4.30. The van der Waals surface area contributed by atoms with E-state index in [1.54, 1.807) is 17.7 Å². The lowest BCUT2D eigenvalue weighted by Gasteiger charge is -2.17. The summed E-state index contributed by atoms with van der Waals surface area (Å²) in [4.78, 5) is 17.9. The zero-order chi connectivity index (χ0) is 18.3. The summed E-state index contributed by atoms with van der Waals surface area (Å²) in [7, 11) is 1.61. The van der Waals surface area contributed by atoms with Crippen molar-refractivity contribution in [3.05, 3.63) is 81.6 Å². The fourth-order valence-electron chi connectivity index (χ4n) is 3.08. The van der Waals surface area contributed by atoms with Crippen molar-refractivity contribution in [2.45, 2.75) is 6.92 Å². The number of halogens is 1. The Balaban J connectivity index is 2.08. The van der Waals surface area contributed by atoms with Crippen LogP contribution >= 0.6 is 15.9 Å². The van der Waals surface area contributed by atoms with Crippen LogP contribution in [0.4, 0.5) is 0 Å². The maximum absolute atomic E-state index is 13.3. The number of ether oxygens (including phenoxy) is 1. The highest BCUT2D eigenvalue weighted by Crippen LogP contribution is 2.26. The molecule has 2 aromatic heterocycles. The number of methoxy groups -OCH3 is 1. The van der Waals surface area contributed by atoms with Crippen LogP contribution in [0.5, 0.6) is 5.75 Å². The lowest BCUT2D eigenvalue weighted by Crippen LogP contribution is -2.23. The fourth-order valence-corrected chi connectivity index (χ4v) is 3.44. The Morgan fingerprint density at radius 2 is 1.81 bits per heavy atom. The first-order valence-electron chi connectivity index (χ1n) is 8.09. The molecule has 130 valence electrons. The van der Waals surface area contributed by atoms with E-state index in [-0.39, 0.29) is 5.56 Å². The van der Waals surface area contributed by atoms with Gasteiger partial charge in [-0.15, -0.1) is 0 Å². The Morgan fingerprint density at radius 3 is 2.54 bits per heavy atom. The average Bonchev–Trinajstić information content (AvgIpc) is 3.17. The third kappa shape index (κ3) is 2.72. The molecule has 4 aromatic rings. The number of nitrogens with zero attached hydrogens (tertiary/aromatic N) is 3. The molecule has 2 aromatic carbocycles.